The molecule has 5 heteroatoms. The zero-order valence-corrected chi connectivity index (χ0v) is 21.7. The van der Waals surface area contributed by atoms with E-state index in [-0.39, 0.29) is 23.6 Å². The van der Waals surface area contributed by atoms with Crippen molar-refractivity contribution in [2.75, 3.05) is 0 Å². The number of hydrogen-bond acceptors (Lipinski definition) is 0. The van der Waals surface area contributed by atoms with Gasteiger partial charge in [0.05, 0.1) is 0 Å². The van der Waals surface area contributed by atoms with Crippen LogP contribution in [0.5, 0.6) is 0 Å². The van der Waals surface area contributed by atoms with E-state index in [1.165, 1.54) is 12.1 Å². The van der Waals surface area contributed by atoms with Gasteiger partial charge in [-0.25, -0.2) is 4.39 Å². The Morgan fingerprint density at radius 3 is 1.94 bits per heavy atom. The zero-order valence-electron chi connectivity index (χ0n) is 18.7. The van der Waals surface area contributed by atoms with Crippen molar-refractivity contribution in [1.29, 1.82) is 0 Å². The van der Waals surface area contributed by atoms with Crippen LogP contribution in [0.4, 0.5) is 4.39 Å². The van der Waals surface area contributed by atoms with Gasteiger partial charge in [0.25, 0.3) is 0 Å². The van der Waals surface area contributed by atoms with Crippen molar-refractivity contribution in [2.24, 2.45) is 0 Å². The van der Waals surface area contributed by atoms with Gasteiger partial charge in [-0.2, -0.15) is 0 Å². The maximum atomic E-state index is 13.4. The van der Waals surface area contributed by atoms with Crippen LogP contribution in [-0.4, -0.2) is 0 Å². The van der Waals surface area contributed by atoms with Crippen LogP contribution in [0.2, 0.25) is 20.1 Å². The average molecular weight is 512 g/mol. The van der Waals surface area contributed by atoms with Crippen molar-refractivity contribution in [1.82, 2.24) is 0 Å². The molecule has 0 saturated carbocycles. The maximum Gasteiger partial charge on any atom is 0.124 e. The van der Waals surface area contributed by atoms with Crippen molar-refractivity contribution >= 4 is 46.4 Å². The molecule has 0 N–H and O–H groups in total. The van der Waals surface area contributed by atoms with Crippen LogP contribution in [0.25, 0.3) is 0 Å². The quantitative estimate of drug-likeness (QED) is 0.296. The molecule has 0 spiro atoms. The average Bonchev–Trinajstić information content (AvgIpc) is 2.71. The lowest BCUT2D eigenvalue weighted by Gasteiger charge is -2.20. The summed E-state index contributed by atoms with van der Waals surface area (Å²) in [5.74, 6) is 0.189. The minimum atomic E-state index is -0.332. The van der Waals surface area contributed by atoms with Gasteiger partial charge in [0.1, 0.15) is 5.82 Å². The fourth-order valence-electron chi connectivity index (χ4n) is 4.22. The Balaban J connectivity index is 1.84. The first-order valence-electron chi connectivity index (χ1n) is 10.8. The summed E-state index contributed by atoms with van der Waals surface area (Å²) in [7, 11) is 0. The van der Waals surface area contributed by atoms with Crippen LogP contribution < -0.4 is 0 Å². The van der Waals surface area contributed by atoms with Crippen LogP contribution in [-0.2, 0) is 12.8 Å². The highest BCUT2D eigenvalue weighted by Gasteiger charge is 2.20. The standard InChI is InChI=1S/C27H27Cl4F/c1-15(2)25-23(28)11-8-19(27(25)31)13-17(4)22-7-5-6-18(26(22)30)12-16(3)21-10-9-20(32)14-24(21)29/h5-11,14-17H,12-13H2,1-4H3. The van der Waals surface area contributed by atoms with E-state index in [2.05, 4.69) is 33.8 Å². The largest absolute Gasteiger partial charge is 0.207 e. The van der Waals surface area contributed by atoms with Gasteiger partial charge >= 0.3 is 0 Å². The summed E-state index contributed by atoms with van der Waals surface area (Å²) in [6, 6.07) is 14.6. The number of hydrogen-bond donors (Lipinski definition) is 0. The smallest absolute Gasteiger partial charge is 0.124 e. The first-order valence-corrected chi connectivity index (χ1v) is 12.3. The molecule has 0 bridgehead atoms. The summed E-state index contributed by atoms with van der Waals surface area (Å²) < 4.78 is 13.4. The van der Waals surface area contributed by atoms with Crippen LogP contribution >= 0.6 is 46.4 Å². The molecule has 2 atom stereocenters. The van der Waals surface area contributed by atoms with Crippen LogP contribution in [0, 0.1) is 5.82 Å². The molecule has 32 heavy (non-hydrogen) atoms. The summed E-state index contributed by atoms with van der Waals surface area (Å²) in [6.45, 7) is 8.42. The highest BCUT2D eigenvalue weighted by molar-refractivity contribution is 6.36. The summed E-state index contributed by atoms with van der Waals surface area (Å²) >= 11 is 26.2. The minimum absolute atomic E-state index is 0.102. The third-order valence-electron chi connectivity index (χ3n) is 5.97. The molecule has 0 aliphatic heterocycles. The van der Waals surface area contributed by atoms with Crippen LogP contribution in [0.15, 0.2) is 48.5 Å². The van der Waals surface area contributed by atoms with Gasteiger partial charge in [-0.05, 0) is 76.6 Å². The molecule has 3 rings (SSSR count). The third-order valence-corrected chi connectivity index (χ3v) is 7.53. The minimum Gasteiger partial charge on any atom is -0.207 e. The van der Waals surface area contributed by atoms with Gasteiger partial charge in [-0.15, -0.1) is 0 Å². The van der Waals surface area contributed by atoms with E-state index in [0.29, 0.717) is 16.5 Å². The molecule has 3 aromatic carbocycles. The normalized spacial score (nSPS) is 13.4. The highest BCUT2D eigenvalue weighted by atomic mass is 35.5. The molecule has 0 radical (unpaired) electrons. The van der Waals surface area contributed by atoms with E-state index in [1.807, 2.05) is 24.3 Å². The fraction of sp³-hybridized carbons (Fsp3) is 0.333. The van der Waals surface area contributed by atoms with Gasteiger partial charge in [-0.1, -0.05) is 104 Å². The lowest BCUT2D eigenvalue weighted by molar-refractivity contribution is 0.625. The molecule has 0 saturated heterocycles. The second kappa shape index (κ2) is 10.8. The van der Waals surface area contributed by atoms with Crippen molar-refractivity contribution < 1.29 is 4.39 Å². The third kappa shape index (κ3) is 5.62. The second-order valence-corrected chi connectivity index (χ2v) is 10.4. The Morgan fingerprint density at radius 2 is 1.31 bits per heavy atom. The second-order valence-electron chi connectivity index (χ2n) is 8.79. The van der Waals surface area contributed by atoms with Crippen LogP contribution in [0.3, 0.4) is 0 Å². The first kappa shape index (κ1) is 25.4. The van der Waals surface area contributed by atoms with Gasteiger partial charge in [0.15, 0.2) is 0 Å². The molecule has 0 aliphatic carbocycles. The van der Waals surface area contributed by atoms with E-state index in [1.54, 1.807) is 6.07 Å². The molecule has 2 unspecified atom stereocenters. The Labute approximate surface area is 210 Å². The number of halogens is 5. The lowest BCUT2D eigenvalue weighted by atomic mass is 9.88. The Hall–Kier alpha value is -1.25. The predicted molar refractivity (Wildman–Crippen MR) is 138 cm³/mol. The van der Waals surface area contributed by atoms with Crippen molar-refractivity contribution in [3.8, 4) is 0 Å². The first-order chi connectivity index (χ1) is 15.1. The number of benzene rings is 3. The van der Waals surface area contributed by atoms with E-state index in [4.69, 9.17) is 46.4 Å². The summed E-state index contributed by atoms with van der Waals surface area (Å²) in [6.07, 6.45) is 1.47. The van der Waals surface area contributed by atoms with Crippen molar-refractivity contribution in [3.63, 3.8) is 0 Å². The van der Waals surface area contributed by atoms with Crippen LogP contribution in [0.1, 0.15) is 73.3 Å². The SMILES string of the molecule is CC(C)c1c(Cl)ccc(CC(C)c2cccc(CC(C)c3ccc(F)cc3Cl)c2Cl)c1Cl. The van der Waals surface area contributed by atoms with Crippen molar-refractivity contribution in [3.05, 3.63) is 102 Å². The predicted octanol–water partition coefficient (Wildman–Crippen LogP) is 10.3. The summed E-state index contributed by atoms with van der Waals surface area (Å²) in [4.78, 5) is 0. The molecular formula is C27H27Cl4F. The van der Waals surface area contributed by atoms with E-state index < -0.39 is 0 Å². The lowest BCUT2D eigenvalue weighted by Crippen LogP contribution is -2.05. The maximum absolute atomic E-state index is 13.4. The molecule has 0 aromatic heterocycles. The fourth-order valence-corrected chi connectivity index (χ4v) is 5.85. The monoisotopic (exact) mass is 510 g/mol. The van der Waals surface area contributed by atoms with E-state index >= 15 is 0 Å². The van der Waals surface area contributed by atoms with E-state index in [0.717, 1.165) is 44.3 Å². The Bertz CT molecular complexity index is 1110. The summed E-state index contributed by atoms with van der Waals surface area (Å²) in [5, 5.41) is 2.65. The van der Waals surface area contributed by atoms with Crippen molar-refractivity contribution in [2.45, 2.75) is 58.3 Å². The molecule has 3 aromatic rings. The molecule has 0 nitrogen and oxygen atoms in total. The summed E-state index contributed by atoms with van der Waals surface area (Å²) in [5.41, 5.74) is 5.10. The Kier molecular flexibility index (Phi) is 8.55. The van der Waals surface area contributed by atoms with Gasteiger partial charge in [0.2, 0.25) is 0 Å². The molecule has 0 fully saturated rings. The molecule has 0 amide bonds. The zero-order chi connectivity index (χ0) is 23.6. The molecule has 0 aliphatic rings. The van der Waals surface area contributed by atoms with E-state index in [9.17, 15) is 4.39 Å². The molecular weight excluding hydrogens is 485 g/mol. The number of rotatable bonds is 7. The van der Waals surface area contributed by atoms with Gasteiger partial charge in [-0.3, -0.25) is 0 Å². The molecule has 0 heterocycles. The topological polar surface area (TPSA) is 0 Å². The highest BCUT2D eigenvalue weighted by Crippen LogP contribution is 2.38. The Morgan fingerprint density at radius 1 is 0.688 bits per heavy atom. The molecule has 170 valence electrons. The van der Waals surface area contributed by atoms with Gasteiger partial charge in [0, 0.05) is 20.1 Å². The van der Waals surface area contributed by atoms with Gasteiger partial charge < -0.3 is 0 Å².